The van der Waals surface area contributed by atoms with Gasteiger partial charge < -0.3 is 14.2 Å². The van der Waals surface area contributed by atoms with Crippen LogP contribution >= 0.6 is 0 Å². The van der Waals surface area contributed by atoms with Gasteiger partial charge in [-0.2, -0.15) is 0 Å². The summed E-state index contributed by atoms with van der Waals surface area (Å²) < 4.78 is 14.3. The Kier molecular flexibility index (Phi) is 14.5. The second-order valence-electron chi connectivity index (χ2n) is 2.67. The lowest BCUT2D eigenvalue weighted by atomic mass is 10.4. The minimum absolute atomic E-state index is 0.347. The molecular weight excluding hydrogens is 196 g/mol. The van der Waals surface area contributed by atoms with E-state index in [1.807, 2.05) is 13.8 Å². The van der Waals surface area contributed by atoms with Crippen molar-refractivity contribution in [3.63, 3.8) is 0 Å². The van der Waals surface area contributed by atoms with Crippen LogP contribution in [0, 0.1) is 0 Å². The Balaban J connectivity index is 0. The van der Waals surface area contributed by atoms with Crippen LogP contribution in [0.3, 0.4) is 0 Å². The van der Waals surface area contributed by atoms with Crippen LogP contribution in [0.5, 0.6) is 0 Å². The smallest absolute Gasteiger partial charge is 0.332 e. The van der Waals surface area contributed by atoms with Gasteiger partial charge >= 0.3 is 5.97 Å². The van der Waals surface area contributed by atoms with E-state index >= 15 is 0 Å². The van der Waals surface area contributed by atoms with Gasteiger partial charge in [0.2, 0.25) is 0 Å². The number of carbonyl (C=O) groups is 1. The normalized spacial score (nSPS) is 8.80. The zero-order valence-electron chi connectivity index (χ0n) is 10.2. The molecule has 0 spiro atoms. The van der Waals surface area contributed by atoms with Crippen LogP contribution in [0.4, 0.5) is 0 Å². The number of ether oxygens (including phenoxy) is 3. The standard InChI is InChI=1S/C6H14O2.C5H8O2/c1-3-7-5-6-8-4-2;1-4(2)5(6)7-3/h3-6H2,1-2H3;1H2,2-3H3. The van der Waals surface area contributed by atoms with Gasteiger partial charge in [-0.3, -0.25) is 0 Å². The summed E-state index contributed by atoms with van der Waals surface area (Å²) >= 11 is 0. The van der Waals surface area contributed by atoms with Gasteiger partial charge in [0, 0.05) is 18.8 Å². The minimum Gasteiger partial charge on any atom is -0.466 e. The van der Waals surface area contributed by atoms with Gasteiger partial charge in [0.05, 0.1) is 20.3 Å². The van der Waals surface area contributed by atoms with Gasteiger partial charge in [0.15, 0.2) is 0 Å². The van der Waals surface area contributed by atoms with Crippen LogP contribution in [-0.2, 0) is 19.0 Å². The summed E-state index contributed by atoms with van der Waals surface area (Å²) in [5.74, 6) is -0.347. The maximum atomic E-state index is 10.2. The van der Waals surface area contributed by atoms with Crippen LogP contribution in [0.2, 0.25) is 0 Å². The molecule has 0 aromatic rings. The first kappa shape index (κ1) is 16.6. The van der Waals surface area contributed by atoms with Gasteiger partial charge in [0.25, 0.3) is 0 Å². The average Bonchev–Trinajstić information content (AvgIpc) is 2.24. The van der Waals surface area contributed by atoms with E-state index in [1.165, 1.54) is 7.11 Å². The summed E-state index contributed by atoms with van der Waals surface area (Å²) in [7, 11) is 1.33. The molecule has 0 saturated heterocycles. The van der Waals surface area contributed by atoms with E-state index in [1.54, 1.807) is 6.92 Å². The molecule has 4 nitrogen and oxygen atoms in total. The van der Waals surface area contributed by atoms with Gasteiger partial charge in [-0.15, -0.1) is 0 Å². The highest BCUT2D eigenvalue weighted by molar-refractivity contribution is 5.86. The number of carbonyl (C=O) groups excluding carboxylic acids is 1. The molecule has 0 bridgehead atoms. The number of esters is 1. The molecule has 0 saturated carbocycles. The van der Waals surface area contributed by atoms with Crippen molar-refractivity contribution in [1.29, 1.82) is 0 Å². The maximum absolute atomic E-state index is 10.2. The molecule has 0 rings (SSSR count). The molecule has 90 valence electrons. The molecule has 0 atom stereocenters. The molecule has 15 heavy (non-hydrogen) atoms. The topological polar surface area (TPSA) is 44.8 Å². The summed E-state index contributed by atoms with van der Waals surface area (Å²) in [4.78, 5) is 10.2. The highest BCUT2D eigenvalue weighted by Gasteiger charge is 1.95. The van der Waals surface area contributed by atoms with Crippen molar-refractivity contribution in [1.82, 2.24) is 0 Å². The Labute approximate surface area is 92.2 Å². The summed E-state index contributed by atoms with van der Waals surface area (Å²) in [5.41, 5.74) is 0.433. The Morgan fingerprint density at radius 1 is 1.13 bits per heavy atom. The van der Waals surface area contributed by atoms with Crippen molar-refractivity contribution < 1.29 is 19.0 Å². The Bertz CT molecular complexity index is 160. The molecule has 0 amide bonds. The van der Waals surface area contributed by atoms with E-state index in [9.17, 15) is 4.79 Å². The number of hydrogen-bond acceptors (Lipinski definition) is 4. The van der Waals surface area contributed by atoms with Crippen LogP contribution in [-0.4, -0.2) is 39.5 Å². The highest BCUT2D eigenvalue weighted by Crippen LogP contribution is 1.87. The summed E-state index contributed by atoms with van der Waals surface area (Å²) in [6, 6.07) is 0. The lowest BCUT2D eigenvalue weighted by Gasteiger charge is -1.99. The highest BCUT2D eigenvalue weighted by atomic mass is 16.5. The first-order valence-corrected chi connectivity index (χ1v) is 4.99. The van der Waals surface area contributed by atoms with Crippen molar-refractivity contribution in [2.75, 3.05) is 33.5 Å². The van der Waals surface area contributed by atoms with E-state index in [4.69, 9.17) is 9.47 Å². The predicted octanol–water partition coefficient (Wildman–Crippen LogP) is 1.79. The van der Waals surface area contributed by atoms with Crippen LogP contribution < -0.4 is 0 Å². The van der Waals surface area contributed by atoms with E-state index < -0.39 is 0 Å². The van der Waals surface area contributed by atoms with E-state index in [2.05, 4.69) is 11.3 Å². The van der Waals surface area contributed by atoms with Crippen molar-refractivity contribution in [3.8, 4) is 0 Å². The van der Waals surface area contributed by atoms with Gasteiger partial charge in [-0.1, -0.05) is 6.58 Å². The first-order chi connectivity index (χ1) is 7.09. The fourth-order valence-electron chi connectivity index (χ4n) is 0.581. The fourth-order valence-corrected chi connectivity index (χ4v) is 0.581. The Morgan fingerprint density at radius 2 is 1.53 bits per heavy atom. The third kappa shape index (κ3) is 15.9. The third-order valence-electron chi connectivity index (χ3n) is 1.31. The van der Waals surface area contributed by atoms with E-state index in [-0.39, 0.29) is 5.97 Å². The summed E-state index contributed by atoms with van der Waals surface area (Å²) in [6.45, 7) is 11.9. The van der Waals surface area contributed by atoms with E-state index in [0.717, 1.165) is 26.4 Å². The van der Waals surface area contributed by atoms with Crippen LogP contribution in [0.15, 0.2) is 12.2 Å². The molecule has 0 unspecified atom stereocenters. The third-order valence-corrected chi connectivity index (χ3v) is 1.31. The molecule has 0 heterocycles. The van der Waals surface area contributed by atoms with Crippen LogP contribution in [0.1, 0.15) is 20.8 Å². The fraction of sp³-hybridized carbons (Fsp3) is 0.727. The zero-order chi connectivity index (χ0) is 12.1. The molecule has 0 aliphatic carbocycles. The predicted molar refractivity (Wildman–Crippen MR) is 59.8 cm³/mol. The molecule has 0 aliphatic rings. The second kappa shape index (κ2) is 13.1. The van der Waals surface area contributed by atoms with Crippen molar-refractivity contribution in [2.24, 2.45) is 0 Å². The number of hydrogen-bond donors (Lipinski definition) is 0. The number of methoxy groups -OCH3 is 1. The number of rotatable bonds is 6. The van der Waals surface area contributed by atoms with Crippen molar-refractivity contribution in [3.05, 3.63) is 12.2 Å². The molecule has 0 radical (unpaired) electrons. The molecule has 0 aromatic heterocycles. The van der Waals surface area contributed by atoms with Crippen molar-refractivity contribution in [2.45, 2.75) is 20.8 Å². The lowest BCUT2D eigenvalue weighted by molar-refractivity contribution is -0.136. The monoisotopic (exact) mass is 218 g/mol. The zero-order valence-corrected chi connectivity index (χ0v) is 10.2. The maximum Gasteiger partial charge on any atom is 0.332 e. The second-order valence-corrected chi connectivity index (χ2v) is 2.67. The largest absolute Gasteiger partial charge is 0.466 e. The minimum atomic E-state index is -0.347. The molecule has 4 heteroatoms. The SMILES string of the molecule is C=C(C)C(=O)OC.CCOCCOCC. The first-order valence-electron chi connectivity index (χ1n) is 4.99. The van der Waals surface area contributed by atoms with Crippen LogP contribution in [0.25, 0.3) is 0 Å². The molecule has 0 aliphatic heterocycles. The van der Waals surface area contributed by atoms with Crippen molar-refractivity contribution >= 4 is 5.97 Å². The Morgan fingerprint density at radius 3 is 1.67 bits per heavy atom. The summed E-state index contributed by atoms with van der Waals surface area (Å²) in [6.07, 6.45) is 0. The van der Waals surface area contributed by atoms with Gasteiger partial charge in [-0.05, 0) is 20.8 Å². The molecular formula is C11H22O4. The quantitative estimate of drug-likeness (QED) is 0.387. The van der Waals surface area contributed by atoms with E-state index in [0.29, 0.717) is 5.57 Å². The van der Waals surface area contributed by atoms with Gasteiger partial charge in [0.1, 0.15) is 0 Å². The molecule has 0 aromatic carbocycles. The molecule has 0 N–H and O–H groups in total. The lowest BCUT2D eigenvalue weighted by Crippen LogP contribution is -2.02. The van der Waals surface area contributed by atoms with Gasteiger partial charge in [-0.25, -0.2) is 4.79 Å². The molecule has 0 fully saturated rings. The Hall–Kier alpha value is -0.870. The summed E-state index contributed by atoms with van der Waals surface area (Å²) in [5, 5.41) is 0. The average molecular weight is 218 g/mol.